The van der Waals surface area contributed by atoms with Crippen LogP contribution in [0.1, 0.15) is 207 Å². The van der Waals surface area contributed by atoms with Gasteiger partial charge >= 0.3 is 0 Å². The van der Waals surface area contributed by atoms with E-state index < -0.39 is 0 Å². The van der Waals surface area contributed by atoms with Crippen molar-refractivity contribution in [3.8, 4) is 0 Å². The lowest BCUT2D eigenvalue weighted by molar-refractivity contribution is 0.0368. The Balaban J connectivity index is 1.27. The summed E-state index contributed by atoms with van der Waals surface area (Å²) in [5, 5.41) is 0. The first-order valence-corrected chi connectivity index (χ1v) is 21.7. The first-order valence-electron chi connectivity index (χ1n) is 21.7. The minimum Gasteiger partial charge on any atom is -0.381 e. The normalized spacial score (nSPS) is 34.4. The lowest BCUT2D eigenvalue weighted by atomic mass is 9.65. The van der Waals surface area contributed by atoms with Crippen LogP contribution in [0.25, 0.3) is 0 Å². The number of hydrogen-bond donors (Lipinski definition) is 0. The molecule has 0 spiro atoms. The van der Waals surface area contributed by atoms with Crippen LogP contribution in [0.2, 0.25) is 0 Å². The largest absolute Gasteiger partial charge is 0.381 e. The van der Waals surface area contributed by atoms with Crippen LogP contribution in [-0.4, -0.2) is 13.2 Å². The van der Waals surface area contributed by atoms with E-state index in [0.29, 0.717) is 0 Å². The average Bonchev–Trinajstić information content (AvgIpc) is 3.08. The van der Waals surface area contributed by atoms with Gasteiger partial charge in [-0.05, 0) is 123 Å². The van der Waals surface area contributed by atoms with Crippen LogP contribution in [-0.2, 0) is 4.74 Å². The van der Waals surface area contributed by atoms with Crippen LogP contribution in [0.4, 0.5) is 0 Å². The lowest BCUT2D eigenvalue weighted by Crippen LogP contribution is -2.32. The van der Waals surface area contributed by atoms with Crippen molar-refractivity contribution >= 4 is 0 Å². The van der Waals surface area contributed by atoms with Gasteiger partial charge in [-0.15, -0.1) is 0 Å². The molecule has 4 rings (SSSR count). The zero-order chi connectivity index (χ0) is 31.7. The van der Waals surface area contributed by atoms with Crippen molar-refractivity contribution in [3.05, 3.63) is 0 Å². The van der Waals surface area contributed by atoms with E-state index in [1.54, 1.807) is 0 Å². The second-order valence-corrected chi connectivity index (χ2v) is 17.5. The Labute approximate surface area is 284 Å². The molecule has 45 heavy (non-hydrogen) atoms. The molecule has 2 atom stereocenters. The van der Waals surface area contributed by atoms with E-state index in [4.69, 9.17) is 4.74 Å². The lowest BCUT2D eigenvalue weighted by Gasteiger charge is -2.41. The van der Waals surface area contributed by atoms with Crippen LogP contribution in [0.3, 0.4) is 0 Å². The van der Waals surface area contributed by atoms with E-state index >= 15 is 0 Å². The summed E-state index contributed by atoms with van der Waals surface area (Å²) in [5.41, 5.74) is 0. The van der Waals surface area contributed by atoms with Crippen LogP contribution in [0.15, 0.2) is 0 Å². The summed E-state index contributed by atoms with van der Waals surface area (Å²) < 4.78 is 6.73. The van der Waals surface area contributed by atoms with Crippen LogP contribution >= 0.6 is 0 Å². The Morgan fingerprint density at radius 3 is 0.933 bits per heavy atom. The molecule has 4 saturated carbocycles. The van der Waals surface area contributed by atoms with Crippen LogP contribution in [0.5, 0.6) is 0 Å². The molecule has 0 amide bonds. The third kappa shape index (κ3) is 12.7. The van der Waals surface area contributed by atoms with Gasteiger partial charge in [-0.2, -0.15) is 0 Å². The molecule has 0 aromatic carbocycles. The zero-order valence-corrected chi connectivity index (χ0v) is 31.4. The molecule has 0 N–H and O–H groups in total. The Morgan fingerprint density at radius 2 is 0.667 bits per heavy atom. The minimum absolute atomic E-state index is 0.947. The van der Waals surface area contributed by atoms with Gasteiger partial charge in [0, 0.05) is 13.2 Å². The molecule has 4 aliphatic carbocycles. The maximum Gasteiger partial charge on any atom is 0.0468 e. The molecule has 0 bridgehead atoms. The summed E-state index contributed by atoms with van der Waals surface area (Å²) in [7, 11) is 0. The highest BCUT2D eigenvalue weighted by atomic mass is 16.5. The van der Waals surface area contributed by atoms with Gasteiger partial charge in [-0.1, -0.05) is 143 Å². The highest BCUT2D eigenvalue weighted by Gasteiger charge is 2.36. The standard InChI is InChI=1S/C44H82O/c1-5-9-13-37-19-27-41(28-20-37)43(39-23-15-35(11-7-3)16-24-39)31-33-45-34-32-44(40-25-17-36(12-8-4)18-26-40)42-29-21-38(22-30-42)14-10-6-2/h35-44H,5-34H2,1-4H3. The smallest absolute Gasteiger partial charge is 0.0468 e. The topological polar surface area (TPSA) is 9.23 Å². The summed E-state index contributed by atoms with van der Waals surface area (Å²) >= 11 is 0. The Morgan fingerprint density at radius 1 is 0.378 bits per heavy atom. The predicted molar refractivity (Wildman–Crippen MR) is 198 cm³/mol. The third-order valence-corrected chi connectivity index (χ3v) is 14.5. The van der Waals surface area contributed by atoms with Crippen molar-refractivity contribution < 1.29 is 4.74 Å². The van der Waals surface area contributed by atoms with Gasteiger partial charge in [0.25, 0.3) is 0 Å². The molecule has 4 fully saturated rings. The summed E-state index contributed by atoms with van der Waals surface area (Å²) in [4.78, 5) is 0. The number of hydrogen-bond acceptors (Lipinski definition) is 1. The fourth-order valence-electron chi connectivity index (χ4n) is 11.7. The number of unbranched alkanes of at least 4 members (excludes halogenated alkanes) is 2. The molecule has 1 nitrogen and oxygen atoms in total. The van der Waals surface area contributed by atoms with Gasteiger partial charge in [0.15, 0.2) is 0 Å². The van der Waals surface area contributed by atoms with Gasteiger partial charge < -0.3 is 4.74 Å². The first kappa shape index (κ1) is 37.8. The molecule has 4 aliphatic rings. The zero-order valence-electron chi connectivity index (χ0n) is 31.4. The van der Waals surface area contributed by atoms with Crippen LogP contribution < -0.4 is 0 Å². The maximum atomic E-state index is 6.73. The SMILES string of the molecule is CCCCC1CCC(C(CCOCCC(C2CCC(CCC)CC2)C2CCC(CCCC)CC2)C2CCC(CCC)CC2)CC1. The molecule has 0 aliphatic heterocycles. The van der Waals surface area contributed by atoms with Crippen molar-refractivity contribution in [2.45, 2.75) is 207 Å². The predicted octanol–water partition coefficient (Wildman–Crippen LogP) is 14.2. The highest BCUT2D eigenvalue weighted by molar-refractivity contribution is 4.87. The average molecular weight is 627 g/mol. The molecule has 0 heterocycles. The van der Waals surface area contributed by atoms with Gasteiger partial charge in [-0.25, -0.2) is 0 Å². The van der Waals surface area contributed by atoms with Crippen molar-refractivity contribution in [1.82, 2.24) is 0 Å². The Hall–Kier alpha value is -0.0400. The molecule has 0 radical (unpaired) electrons. The molecule has 0 aromatic rings. The van der Waals surface area contributed by atoms with E-state index in [-0.39, 0.29) is 0 Å². The molecule has 0 saturated heterocycles. The summed E-state index contributed by atoms with van der Waals surface area (Å²) in [6, 6.07) is 0. The van der Waals surface area contributed by atoms with E-state index in [2.05, 4.69) is 27.7 Å². The monoisotopic (exact) mass is 627 g/mol. The van der Waals surface area contributed by atoms with Crippen molar-refractivity contribution in [2.24, 2.45) is 59.2 Å². The van der Waals surface area contributed by atoms with Crippen molar-refractivity contribution in [1.29, 1.82) is 0 Å². The van der Waals surface area contributed by atoms with Crippen LogP contribution in [0, 0.1) is 59.2 Å². The quantitative estimate of drug-likeness (QED) is 0.122. The highest BCUT2D eigenvalue weighted by Crippen LogP contribution is 2.47. The second-order valence-electron chi connectivity index (χ2n) is 17.5. The molecule has 2 unspecified atom stereocenters. The summed E-state index contributed by atoms with van der Waals surface area (Å²) in [6.07, 6.45) is 41.5. The van der Waals surface area contributed by atoms with Crippen molar-refractivity contribution in [3.63, 3.8) is 0 Å². The molecule has 264 valence electrons. The van der Waals surface area contributed by atoms with E-state index in [0.717, 1.165) is 72.4 Å². The van der Waals surface area contributed by atoms with Gasteiger partial charge in [0.2, 0.25) is 0 Å². The van der Waals surface area contributed by atoms with Gasteiger partial charge in [-0.3, -0.25) is 0 Å². The molecular weight excluding hydrogens is 544 g/mol. The van der Waals surface area contributed by atoms with E-state index in [1.807, 2.05) is 0 Å². The fraction of sp³-hybridized carbons (Fsp3) is 1.00. The fourth-order valence-corrected chi connectivity index (χ4v) is 11.7. The van der Waals surface area contributed by atoms with Gasteiger partial charge in [0.05, 0.1) is 0 Å². The first-order chi connectivity index (χ1) is 22.1. The number of rotatable bonds is 20. The van der Waals surface area contributed by atoms with Crippen molar-refractivity contribution in [2.75, 3.05) is 13.2 Å². The van der Waals surface area contributed by atoms with E-state index in [9.17, 15) is 0 Å². The van der Waals surface area contributed by atoms with E-state index in [1.165, 1.54) is 180 Å². The summed E-state index contributed by atoms with van der Waals surface area (Å²) in [6.45, 7) is 11.6. The summed E-state index contributed by atoms with van der Waals surface area (Å²) in [5.74, 6) is 10.0. The third-order valence-electron chi connectivity index (χ3n) is 14.5. The number of ether oxygens (including phenoxy) is 1. The Bertz CT molecular complexity index is 638. The molecular formula is C44H82O. The molecule has 1 heteroatoms. The Kier molecular flexibility index (Phi) is 18.3. The molecule has 0 aromatic heterocycles. The second kappa shape index (κ2) is 21.8. The van der Waals surface area contributed by atoms with Gasteiger partial charge in [0.1, 0.15) is 0 Å². The minimum atomic E-state index is 0.947. The maximum absolute atomic E-state index is 6.73.